The molecule has 0 bridgehead atoms. The first kappa shape index (κ1) is 12.1. The first-order chi connectivity index (χ1) is 7.58. The summed E-state index contributed by atoms with van der Waals surface area (Å²) in [5.74, 6) is 1.53. The number of piperidine rings is 1. The van der Waals surface area contributed by atoms with Crippen LogP contribution in [0.2, 0.25) is 0 Å². The molecule has 4 heteroatoms. The van der Waals surface area contributed by atoms with Gasteiger partial charge in [0.2, 0.25) is 0 Å². The van der Waals surface area contributed by atoms with E-state index in [-0.39, 0.29) is 5.91 Å². The molecule has 1 aliphatic rings. The first-order valence-corrected chi connectivity index (χ1v) is 7.28. The molecule has 0 radical (unpaired) electrons. The van der Waals surface area contributed by atoms with Crippen LogP contribution in [-0.2, 0) is 0 Å². The van der Waals surface area contributed by atoms with Crippen molar-refractivity contribution in [1.82, 2.24) is 4.90 Å². The van der Waals surface area contributed by atoms with Crippen LogP contribution in [0, 0.1) is 11.8 Å². The highest BCUT2D eigenvalue weighted by molar-refractivity contribution is 9.11. The Hall–Kier alpha value is -0.350. The molecule has 1 aromatic rings. The highest BCUT2D eigenvalue weighted by Gasteiger charge is 2.26. The number of halogens is 1. The lowest BCUT2D eigenvalue weighted by molar-refractivity contribution is 0.0628. The van der Waals surface area contributed by atoms with E-state index in [1.54, 1.807) is 11.3 Å². The van der Waals surface area contributed by atoms with Crippen LogP contribution in [0.5, 0.6) is 0 Å². The zero-order chi connectivity index (χ0) is 11.7. The summed E-state index contributed by atoms with van der Waals surface area (Å²) in [5, 5.41) is 1.93. The third-order valence-electron chi connectivity index (χ3n) is 3.44. The Morgan fingerprint density at radius 1 is 1.50 bits per heavy atom. The van der Waals surface area contributed by atoms with Gasteiger partial charge in [-0.3, -0.25) is 4.79 Å². The van der Waals surface area contributed by atoms with Crippen molar-refractivity contribution < 1.29 is 4.79 Å². The van der Waals surface area contributed by atoms with Crippen LogP contribution in [0.1, 0.15) is 30.6 Å². The summed E-state index contributed by atoms with van der Waals surface area (Å²) < 4.78 is 1.02. The zero-order valence-electron chi connectivity index (χ0n) is 9.57. The van der Waals surface area contributed by atoms with Gasteiger partial charge in [-0.2, -0.15) is 0 Å². The molecule has 0 N–H and O–H groups in total. The van der Waals surface area contributed by atoms with E-state index in [1.807, 2.05) is 16.3 Å². The Morgan fingerprint density at radius 2 is 2.25 bits per heavy atom. The predicted molar refractivity (Wildman–Crippen MR) is 70.9 cm³/mol. The van der Waals surface area contributed by atoms with Crippen molar-refractivity contribution in [1.29, 1.82) is 0 Å². The molecule has 0 saturated carbocycles. The Bertz CT molecular complexity index is 390. The van der Waals surface area contributed by atoms with Crippen molar-refractivity contribution in [3.05, 3.63) is 20.8 Å². The molecule has 2 heterocycles. The lowest BCUT2D eigenvalue weighted by Gasteiger charge is -2.35. The van der Waals surface area contributed by atoms with Crippen molar-refractivity contribution >= 4 is 33.2 Å². The molecule has 1 amide bonds. The van der Waals surface area contributed by atoms with Crippen LogP contribution in [0.4, 0.5) is 0 Å². The number of amides is 1. The van der Waals surface area contributed by atoms with Crippen LogP contribution in [0.25, 0.3) is 0 Å². The summed E-state index contributed by atoms with van der Waals surface area (Å²) in [7, 11) is 0. The van der Waals surface area contributed by atoms with Crippen molar-refractivity contribution in [2.24, 2.45) is 11.8 Å². The van der Waals surface area contributed by atoms with Crippen LogP contribution >= 0.6 is 27.3 Å². The molecule has 88 valence electrons. The number of carbonyl (C=O) groups excluding carboxylic acids is 1. The summed E-state index contributed by atoms with van der Waals surface area (Å²) in [6, 6.07) is 1.91. The van der Waals surface area contributed by atoms with E-state index in [0.717, 1.165) is 34.8 Å². The summed E-state index contributed by atoms with van der Waals surface area (Å²) in [6.07, 6.45) is 1.12. The van der Waals surface area contributed by atoms with E-state index in [9.17, 15) is 4.79 Å². The second-order valence-corrected chi connectivity index (χ2v) is 6.92. The van der Waals surface area contributed by atoms with Crippen molar-refractivity contribution in [3.8, 4) is 0 Å². The Kier molecular flexibility index (Phi) is 3.70. The van der Waals surface area contributed by atoms with Gasteiger partial charge < -0.3 is 4.90 Å². The third-order valence-corrected chi connectivity index (χ3v) is 4.94. The third kappa shape index (κ3) is 2.48. The highest BCUT2D eigenvalue weighted by atomic mass is 79.9. The number of rotatable bonds is 1. The number of carbonyl (C=O) groups is 1. The molecule has 0 aromatic carbocycles. The van der Waals surface area contributed by atoms with Crippen LogP contribution < -0.4 is 0 Å². The van der Waals surface area contributed by atoms with E-state index in [1.165, 1.54) is 0 Å². The lowest BCUT2D eigenvalue weighted by atomic mass is 9.88. The fraction of sp³-hybridized carbons (Fsp3) is 0.583. The number of likely N-dealkylation sites (tertiary alicyclic amines) is 1. The van der Waals surface area contributed by atoms with Gasteiger partial charge in [0.1, 0.15) is 0 Å². The topological polar surface area (TPSA) is 20.3 Å². The Morgan fingerprint density at radius 3 is 2.81 bits per heavy atom. The normalized spacial score (nSPS) is 25.8. The Labute approximate surface area is 109 Å². The molecule has 2 rings (SSSR count). The van der Waals surface area contributed by atoms with Crippen molar-refractivity contribution in [2.75, 3.05) is 13.1 Å². The lowest BCUT2D eigenvalue weighted by Crippen LogP contribution is -2.42. The first-order valence-electron chi connectivity index (χ1n) is 5.61. The van der Waals surface area contributed by atoms with Gasteiger partial charge in [-0.25, -0.2) is 0 Å². The van der Waals surface area contributed by atoms with E-state index in [0.29, 0.717) is 5.92 Å². The molecule has 1 aliphatic heterocycles. The molecule has 0 aliphatic carbocycles. The maximum Gasteiger partial charge on any atom is 0.254 e. The van der Waals surface area contributed by atoms with E-state index in [2.05, 4.69) is 29.8 Å². The SMILES string of the molecule is CC1CCN(C(=O)c2csc(Br)c2)CC1C. The van der Waals surface area contributed by atoms with Gasteiger partial charge >= 0.3 is 0 Å². The van der Waals surface area contributed by atoms with Crippen LogP contribution in [-0.4, -0.2) is 23.9 Å². The van der Waals surface area contributed by atoms with Crippen LogP contribution in [0.3, 0.4) is 0 Å². The van der Waals surface area contributed by atoms with Gasteiger partial charge in [-0.15, -0.1) is 11.3 Å². The van der Waals surface area contributed by atoms with Gasteiger partial charge in [0.15, 0.2) is 0 Å². The fourth-order valence-corrected chi connectivity index (χ4v) is 3.18. The minimum atomic E-state index is 0.181. The van der Waals surface area contributed by atoms with Gasteiger partial charge in [0.25, 0.3) is 5.91 Å². The number of hydrogen-bond donors (Lipinski definition) is 0. The summed E-state index contributed by atoms with van der Waals surface area (Å²) in [4.78, 5) is 14.2. The fourth-order valence-electron chi connectivity index (χ4n) is 2.05. The number of nitrogens with zero attached hydrogens (tertiary/aromatic N) is 1. The smallest absolute Gasteiger partial charge is 0.254 e. The summed E-state index contributed by atoms with van der Waals surface area (Å²) in [6.45, 7) is 6.30. The number of thiophene rings is 1. The summed E-state index contributed by atoms with van der Waals surface area (Å²) in [5.41, 5.74) is 0.818. The van der Waals surface area contributed by atoms with Gasteiger partial charge in [0, 0.05) is 18.5 Å². The standard InChI is InChI=1S/C12H16BrNOS/c1-8-3-4-14(6-9(8)2)12(15)10-5-11(13)16-7-10/h5,7-9H,3-4,6H2,1-2H3. The van der Waals surface area contributed by atoms with Crippen molar-refractivity contribution in [3.63, 3.8) is 0 Å². The predicted octanol–water partition coefficient (Wildman–Crippen LogP) is 3.63. The maximum absolute atomic E-state index is 12.2. The van der Waals surface area contributed by atoms with Gasteiger partial charge in [-0.1, -0.05) is 13.8 Å². The number of hydrogen-bond acceptors (Lipinski definition) is 2. The van der Waals surface area contributed by atoms with E-state index < -0.39 is 0 Å². The average Bonchev–Trinajstić information content (AvgIpc) is 2.68. The highest BCUT2D eigenvalue weighted by Crippen LogP contribution is 2.26. The maximum atomic E-state index is 12.2. The second kappa shape index (κ2) is 4.88. The van der Waals surface area contributed by atoms with E-state index >= 15 is 0 Å². The quantitative estimate of drug-likeness (QED) is 0.776. The van der Waals surface area contributed by atoms with E-state index in [4.69, 9.17) is 0 Å². The molecular formula is C12H16BrNOS. The molecule has 1 aromatic heterocycles. The van der Waals surface area contributed by atoms with Crippen LogP contribution in [0.15, 0.2) is 15.2 Å². The molecule has 1 saturated heterocycles. The minimum absolute atomic E-state index is 0.181. The van der Waals surface area contributed by atoms with Gasteiger partial charge in [-0.05, 0) is 40.3 Å². The zero-order valence-corrected chi connectivity index (χ0v) is 12.0. The molecule has 16 heavy (non-hydrogen) atoms. The largest absolute Gasteiger partial charge is 0.338 e. The molecule has 0 spiro atoms. The second-order valence-electron chi connectivity index (χ2n) is 4.63. The minimum Gasteiger partial charge on any atom is -0.338 e. The monoisotopic (exact) mass is 301 g/mol. The molecular weight excluding hydrogens is 286 g/mol. The van der Waals surface area contributed by atoms with Crippen molar-refractivity contribution in [2.45, 2.75) is 20.3 Å². The molecule has 2 atom stereocenters. The van der Waals surface area contributed by atoms with Gasteiger partial charge in [0.05, 0.1) is 9.35 Å². The molecule has 2 nitrogen and oxygen atoms in total. The summed E-state index contributed by atoms with van der Waals surface area (Å²) >= 11 is 4.96. The molecule has 1 fully saturated rings. The average molecular weight is 302 g/mol. The molecule has 2 unspecified atom stereocenters. The Balaban J connectivity index is 2.06.